The van der Waals surface area contributed by atoms with Crippen molar-refractivity contribution in [2.45, 2.75) is 141 Å². The van der Waals surface area contributed by atoms with Gasteiger partial charge in [0.2, 0.25) is 0 Å². The SMILES string of the molecule is CC/C=C\C/C=C\C/C=C\C/C=C\CCCCCCC(=O)O[C@H](COC(=O)CCC/C=C\C/C=C\C/C=C\C/C=C\CCCCCO)COP(=O)(O)OCC[N+](C)(C)C. The third kappa shape index (κ3) is 44.3. The van der Waals surface area contributed by atoms with Gasteiger partial charge in [-0.25, -0.2) is 4.57 Å². The lowest BCUT2D eigenvalue weighted by atomic mass is 10.1. The average Bonchev–Trinajstić information content (AvgIpc) is 3.19. The predicted octanol–water partition coefficient (Wildman–Crippen LogP) is 11.5. The molecule has 0 aliphatic carbocycles. The van der Waals surface area contributed by atoms with Crippen LogP contribution < -0.4 is 0 Å². The fourth-order valence-corrected chi connectivity index (χ4v) is 5.95. The van der Waals surface area contributed by atoms with Crippen LogP contribution in [0.3, 0.4) is 0 Å². The minimum atomic E-state index is -4.41. The first-order valence-corrected chi connectivity index (χ1v) is 23.6. The molecule has 59 heavy (non-hydrogen) atoms. The molecule has 11 heteroatoms. The second kappa shape index (κ2) is 40.3. The van der Waals surface area contributed by atoms with Crippen molar-refractivity contribution >= 4 is 19.8 Å². The molecule has 0 saturated heterocycles. The normalized spacial score (nSPS) is 14.5. The number of hydrogen-bond donors (Lipinski definition) is 2. The number of ether oxygens (including phenoxy) is 2. The van der Waals surface area contributed by atoms with E-state index in [2.05, 4.69) is 98.1 Å². The number of rotatable bonds is 39. The van der Waals surface area contributed by atoms with Crippen molar-refractivity contribution in [3.05, 3.63) is 97.2 Å². The molecule has 2 atom stereocenters. The van der Waals surface area contributed by atoms with Gasteiger partial charge in [0.15, 0.2) is 6.10 Å². The maximum absolute atomic E-state index is 12.7. The summed E-state index contributed by atoms with van der Waals surface area (Å²) >= 11 is 0. The fraction of sp³-hybridized carbons (Fsp3) is 0.625. The average molecular weight is 847 g/mol. The smallest absolute Gasteiger partial charge is 0.462 e. The number of esters is 2. The predicted molar refractivity (Wildman–Crippen MR) is 244 cm³/mol. The van der Waals surface area contributed by atoms with Crippen molar-refractivity contribution < 1.29 is 47.2 Å². The fourth-order valence-electron chi connectivity index (χ4n) is 5.21. The summed E-state index contributed by atoms with van der Waals surface area (Å²) in [6.07, 6.45) is 50.5. The van der Waals surface area contributed by atoms with Crippen LogP contribution in [-0.2, 0) is 32.7 Å². The molecule has 0 heterocycles. The molecule has 0 aromatic rings. The van der Waals surface area contributed by atoms with E-state index >= 15 is 0 Å². The number of phosphoric acid groups is 1. The number of phosphoric ester groups is 1. The zero-order valence-corrected chi connectivity index (χ0v) is 38.0. The van der Waals surface area contributed by atoms with E-state index in [1.165, 1.54) is 0 Å². The van der Waals surface area contributed by atoms with Crippen LogP contribution in [0.25, 0.3) is 0 Å². The Labute approximate surface area is 358 Å². The number of unbranched alkanes of at least 4 members (excludes halogenated alkanes) is 8. The molecule has 0 aromatic carbocycles. The van der Waals surface area contributed by atoms with Gasteiger partial charge in [0.05, 0.1) is 27.7 Å². The minimum absolute atomic E-state index is 0.00763. The topological polar surface area (TPSA) is 129 Å². The summed E-state index contributed by atoms with van der Waals surface area (Å²) in [7, 11) is 1.39. The second-order valence-corrected chi connectivity index (χ2v) is 16.9. The molecule has 0 amide bonds. The third-order valence-corrected chi connectivity index (χ3v) is 9.64. The van der Waals surface area contributed by atoms with Crippen LogP contribution in [0.2, 0.25) is 0 Å². The van der Waals surface area contributed by atoms with Gasteiger partial charge in [-0.1, -0.05) is 123 Å². The Bertz CT molecular complexity index is 1320. The van der Waals surface area contributed by atoms with Gasteiger partial charge in [-0.05, 0) is 96.3 Å². The number of aliphatic hydroxyl groups is 1. The first kappa shape index (κ1) is 55.9. The number of aliphatic hydroxyl groups excluding tert-OH is 1. The largest absolute Gasteiger partial charge is 0.472 e. The maximum atomic E-state index is 12.7. The summed E-state index contributed by atoms with van der Waals surface area (Å²) in [4.78, 5) is 35.4. The van der Waals surface area contributed by atoms with Gasteiger partial charge in [0.25, 0.3) is 0 Å². The van der Waals surface area contributed by atoms with Gasteiger partial charge in [-0.3, -0.25) is 18.6 Å². The lowest BCUT2D eigenvalue weighted by Gasteiger charge is -2.24. The molecule has 2 N–H and O–H groups in total. The van der Waals surface area contributed by atoms with E-state index in [-0.39, 0.29) is 32.7 Å². The summed E-state index contributed by atoms with van der Waals surface area (Å²) in [5.74, 6) is -0.917. The number of nitrogens with zero attached hydrogens (tertiary/aromatic N) is 1. The van der Waals surface area contributed by atoms with Gasteiger partial charge >= 0.3 is 19.8 Å². The Kier molecular flexibility index (Phi) is 38.2. The summed E-state index contributed by atoms with van der Waals surface area (Å²) in [5.41, 5.74) is 0. The first-order valence-electron chi connectivity index (χ1n) is 22.1. The summed E-state index contributed by atoms with van der Waals surface area (Å²) in [5, 5.41) is 8.80. The zero-order chi connectivity index (χ0) is 43.6. The Balaban J connectivity index is 4.51. The molecule has 0 aliphatic rings. The van der Waals surface area contributed by atoms with Crippen LogP contribution in [0.4, 0.5) is 0 Å². The van der Waals surface area contributed by atoms with Crippen molar-refractivity contribution in [1.29, 1.82) is 0 Å². The van der Waals surface area contributed by atoms with Crippen molar-refractivity contribution in [3.63, 3.8) is 0 Å². The van der Waals surface area contributed by atoms with E-state index in [0.29, 0.717) is 23.9 Å². The van der Waals surface area contributed by atoms with E-state index in [0.717, 1.165) is 103 Å². The van der Waals surface area contributed by atoms with Crippen LogP contribution in [0.1, 0.15) is 135 Å². The Morgan fingerprint density at radius 1 is 0.559 bits per heavy atom. The van der Waals surface area contributed by atoms with E-state index in [1.54, 1.807) is 0 Å². The highest BCUT2D eigenvalue weighted by atomic mass is 31.2. The molecule has 336 valence electrons. The quantitative estimate of drug-likeness (QED) is 0.0204. The van der Waals surface area contributed by atoms with E-state index in [4.69, 9.17) is 23.6 Å². The number of likely N-dealkylation sites (N-methyl/N-ethyl adjacent to an activating group) is 1. The number of carbonyl (C=O) groups excluding carboxylic acids is 2. The Morgan fingerprint density at radius 2 is 1.00 bits per heavy atom. The van der Waals surface area contributed by atoms with E-state index < -0.39 is 32.5 Å². The molecule has 0 saturated carbocycles. The molecule has 10 nitrogen and oxygen atoms in total. The molecule has 0 radical (unpaired) electrons. The summed E-state index contributed by atoms with van der Waals surface area (Å²) in [6, 6.07) is 0. The number of carbonyl (C=O) groups is 2. The molecular weight excluding hydrogens is 766 g/mol. The lowest BCUT2D eigenvalue weighted by molar-refractivity contribution is -0.870. The molecule has 0 aliphatic heterocycles. The van der Waals surface area contributed by atoms with Crippen molar-refractivity contribution in [2.24, 2.45) is 0 Å². The molecule has 0 bridgehead atoms. The molecule has 0 rings (SSSR count). The highest BCUT2D eigenvalue weighted by molar-refractivity contribution is 7.47. The van der Waals surface area contributed by atoms with Gasteiger partial charge < -0.3 is 24.0 Å². The lowest BCUT2D eigenvalue weighted by Crippen LogP contribution is -2.37. The summed E-state index contributed by atoms with van der Waals surface area (Å²) in [6.45, 7) is 2.19. The summed E-state index contributed by atoms with van der Waals surface area (Å²) < 4.78 is 34.2. The third-order valence-electron chi connectivity index (χ3n) is 8.65. The van der Waals surface area contributed by atoms with E-state index in [9.17, 15) is 19.0 Å². The van der Waals surface area contributed by atoms with Crippen molar-refractivity contribution in [1.82, 2.24) is 0 Å². The monoisotopic (exact) mass is 847 g/mol. The van der Waals surface area contributed by atoms with Crippen LogP contribution >= 0.6 is 7.82 Å². The maximum Gasteiger partial charge on any atom is 0.472 e. The van der Waals surface area contributed by atoms with Gasteiger partial charge in [0.1, 0.15) is 19.8 Å². The van der Waals surface area contributed by atoms with Crippen molar-refractivity contribution in [2.75, 3.05) is 54.1 Å². The molecular formula is C48H81NO9P+. The number of allylic oxidation sites excluding steroid dienone is 16. The molecule has 1 unspecified atom stereocenters. The molecule has 0 fully saturated rings. The Morgan fingerprint density at radius 3 is 1.49 bits per heavy atom. The van der Waals surface area contributed by atoms with Crippen LogP contribution in [0.15, 0.2) is 97.2 Å². The second-order valence-electron chi connectivity index (χ2n) is 15.4. The van der Waals surface area contributed by atoms with Gasteiger partial charge in [0, 0.05) is 19.4 Å². The minimum Gasteiger partial charge on any atom is -0.462 e. The first-order chi connectivity index (χ1) is 28.5. The van der Waals surface area contributed by atoms with Crippen molar-refractivity contribution in [3.8, 4) is 0 Å². The number of hydrogen-bond acceptors (Lipinski definition) is 8. The Hall–Kier alpha value is -3.11. The standard InChI is InChI=1S/C48H80NO9P/c1-5-6-7-8-9-10-11-12-13-15-19-22-25-28-31-34-37-40-48(52)58-46(45-57-59(53,54)56-43-41-49(2,3)4)44-55-47(51)39-36-33-30-27-24-21-18-16-14-17-20-23-26-29-32-35-38-42-50/h6-7,9-10,12-14,17-19,21-23,26-27,30,46,50H,5,8,11,15-16,20,24-25,28-29,31-45H2,1-4H3/p+1/b7-6-,10-9-,13-12-,17-14-,21-18-,22-19-,26-23-,30-27-/t46-/m1/s1. The number of quaternary nitrogens is 1. The van der Waals surface area contributed by atoms with E-state index in [1.807, 2.05) is 27.2 Å². The van der Waals surface area contributed by atoms with Gasteiger partial charge in [-0.2, -0.15) is 0 Å². The molecule has 0 aromatic heterocycles. The highest BCUT2D eigenvalue weighted by Crippen LogP contribution is 2.43. The van der Waals surface area contributed by atoms with Crippen LogP contribution in [0, 0.1) is 0 Å². The van der Waals surface area contributed by atoms with Crippen LogP contribution in [0.5, 0.6) is 0 Å². The van der Waals surface area contributed by atoms with Crippen LogP contribution in [-0.4, -0.2) is 86.6 Å². The highest BCUT2D eigenvalue weighted by Gasteiger charge is 2.27. The molecule has 0 spiro atoms. The van der Waals surface area contributed by atoms with Gasteiger partial charge in [-0.15, -0.1) is 0 Å². The zero-order valence-electron chi connectivity index (χ0n) is 37.1.